The van der Waals surface area contributed by atoms with Crippen molar-refractivity contribution in [2.24, 2.45) is 0 Å². The smallest absolute Gasteiger partial charge is 0.325 e. The molecule has 0 aromatic rings. The molecule has 0 heterocycles. The van der Waals surface area contributed by atoms with Gasteiger partial charge in [-0.3, -0.25) is 9.59 Å². The predicted octanol–water partition coefficient (Wildman–Crippen LogP) is 1.37. The lowest BCUT2D eigenvalue weighted by Gasteiger charge is -2.43. The normalized spacial score (nSPS) is 16.9. The Bertz CT molecular complexity index is 391. The van der Waals surface area contributed by atoms with Crippen molar-refractivity contribution in [2.75, 3.05) is 20.2 Å². The minimum absolute atomic E-state index is 0.0731. The third-order valence-electron chi connectivity index (χ3n) is 3.97. The fraction of sp³-hybridized carbons (Fsp3) is 0.786. The zero-order valence-electron chi connectivity index (χ0n) is 12.7. The summed E-state index contributed by atoms with van der Waals surface area (Å²) in [5.74, 6) is -1.42. The lowest BCUT2D eigenvalue weighted by Crippen LogP contribution is -2.55. The molecule has 1 rings (SSSR count). The van der Waals surface area contributed by atoms with E-state index in [9.17, 15) is 14.4 Å². The Hall–Kier alpha value is -1.79. The summed E-state index contributed by atoms with van der Waals surface area (Å²) >= 11 is 0. The number of rotatable bonds is 6. The molecule has 0 saturated heterocycles. The molecule has 7 heteroatoms. The highest BCUT2D eigenvalue weighted by Gasteiger charge is 2.40. The number of carboxylic acid groups (broad SMARTS) is 1. The minimum Gasteiger partial charge on any atom is -0.481 e. The number of hydrogen-bond donors (Lipinski definition) is 2. The van der Waals surface area contributed by atoms with Crippen LogP contribution < -0.4 is 5.32 Å². The van der Waals surface area contributed by atoms with Crippen LogP contribution in [0.15, 0.2) is 0 Å². The summed E-state index contributed by atoms with van der Waals surface area (Å²) < 4.78 is 4.74. The predicted molar refractivity (Wildman–Crippen MR) is 75.9 cm³/mol. The van der Waals surface area contributed by atoms with Crippen LogP contribution in [-0.4, -0.2) is 53.7 Å². The molecule has 0 unspecified atom stereocenters. The highest BCUT2D eigenvalue weighted by atomic mass is 16.5. The fourth-order valence-corrected chi connectivity index (χ4v) is 2.82. The molecule has 0 aromatic carbocycles. The summed E-state index contributed by atoms with van der Waals surface area (Å²) in [6, 6.07) is -0.439. The summed E-state index contributed by atoms with van der Waals surface area (Å²) in [7, 11) is 1.59. The van der Waals surface area contributed by atoms with Gasteiger partial charge in [0.15, 0.2) is 0 Å². The second-order valence-corrected chi connectivity index (χ2v) is 5.38. The molecular weight excluding hydrogens is 276 g/mol. The Morgan fingerprint density at radius 2 is 1.86 bits per heavy atom. The molecule has 1 fully saturated rings. The number of esters is 1. The molecule has 0 aromatic heterocycles. The molecule has 0 spiro atoms. The van der Waals surface area contributed by atoms with E-state index in [1.54, 1.807) is 14.0 Å². The lowest BCUT2D eigenvalue weighted by molar-refractivity contribution is -0.142. The molecule has 7 nitrogen and oxygen atoms in total. The number of ether oxygens (including phenoxy) is 1. The van der Waals surface area contributed by atoms with Crippen LogP contribution in [0.1, 0.15) is 45.4 Å². The van der Waals surface area contributed by atoms with Gasteiger partial charge in [0.2, 0.25) is 0 Å². The van der Waals surface area contributed by atoms with Gasteiger partial charge in [0.1, 0.15) is 6.54 Å². The van der Waals surface area contributed by atoms with E-state index < -0.39 is 23.5 Å². The molecule has 1 saturated carbocycles. The Balaban J connectivity index is 2.66. The largest absolute Gasteiger partial charge is 0.481 e. The molecule has 1 aliphatic rings. The summed E-state index contributed by atoms with van der Waals surface area (Å²) in [6.45, 7) is 1.74. The van der Waals surface area contributed by atoms with Gasteiger partial charge in [0.25, 0.3) is 0 Å². The van der Waals surface area contributed by atoms with E-state index in [-0.39, 0.29) is 19.6 Å². The van der Waals surface area contributed by atoms with Crippen LogP contribution in [0, 0.1) is 0 Å². The van der Waals surface area contributed by atoms with Crippen LogP contribution in [0.3, 0.4) is 0 Å². The van der Waals surface area contributed by atoms with Crippen LogP contribution in [-0.2, 0) is 14.3 Å². The number of amides is 2. The Labute approximate surface area is 124 Å². The number of nitrogens with zero attached hydrogens (tertiary/aromatic N) is 1. The number of carbonyl (C=O) groups excluding carboxylic acids is 2. The van der Waals surface area contributed by atoms with Crippen LogP contribution in [0.5, 0.6) is 0 Å². The third kappa shape index (κ3) is 4.91. The van der Waals surface area contributed by atoms with Crippen molar-refractivity contribution in [3.63, 3.8) is 0 Å². The number of hydrogen-bond acceptors (Lipinski definition) is 4. The molecule has 21 heavy (non-hydrogen) atoms. The molecule has 0 radical (unpaired) electrons. The average Bonchev–Trinajstić information content (AvgIpc) is 2.44. The van der Waals surface area contributed by atoms with Gasteiger partial charge >= 0.3 is 18.0 Å². The van der Waals surface area contributed by atoms with Crippen molar-refractivity contribution in [1.29, 1.82) is 0 Å². The average molecular weight is 300 g/mol. The number of nitrogens with one attached hydrogen (secondary N) is 1. The maximum atomic E-state index is 12.2. The van der Waals surface area contributed by atoms with E-state index in [1.165, 1.54) is 4.90 Å². The van der Waals surface area contributed by atoms with Gasteiger partial charge in [-0.1, -0.05) is 19.3 Å². The van der Waals surface area contributed by atoms with Gasteiger partial charge in [0, 0.05) is 7.05 Å². The van der Waals surface area contributed by atoms with Gasteiger partial charge in [-0.15, -0.1) is 0 Å². The first-order chi connectivity index (χ1) is 9.91. The van der Waals surface area contributed by atoms with Gasteiger partial charge in [-0.05, 0) is 19.8 Å². The minimum atomic E-state index is -0.915. The zero-order valence-corrected chi connectivity index (χ0v) is 12.7. The van der Waals surface area contributed by atoms with Crippen molar-refractivity contribution in [1.82, 2.24) is 10.2 Å². The van der Waals surface area contributed by atoms with Gasteiger partial charge in [0.05, 0.1) is 18.6 Å². The van der Waals surface area contributed by atoms with Crippen LogP contribution >= 0.6 is 0 Å². The van der Waals surface area contributed by atoms with Gasteiger partial charge in [-0.25, -0.2) is 4.79 Å². The fourth-order valence-electron chi connectivity index (χ4n) is 2.82. The maximum absolute atomic E-state index is 12.2. The topological polar surface area (TPSA) is 95.9 Å². The molecular formula is C14H24N2O5. The van der Waals surface area contributed by atoms with E-state index in [2.05, 4.69) is 5.32 Å². The second kappa shape index (κ2) is 7.85. The summed E-state index contributed by atoms with van der Waals surface area (Å²) in [6.07, 6.45) is 4.13. The van der Waals surface area contributed by atoms with E-state index in [1.807, 2.05) is 0 Å². The first kappa shape index (κ1) is 17.3. The first-order valence-corrected chi connectivity index (χ1v) is 7.30. The number of aliphatic carboxylic acids is 1. The first-order valence-electron chi connectivity index (χ1n) is 7.30. The zero-order chi connectivity index (χ0) is 15.9. The Morgan fingerprint density at radius 3 is 2.38 bits per heavy atom. The molecule has 2 amide bonds. The summed E-state index contributed by atoms with van der Waals surface area (Å²) in [5, 5.41) is 11.6. The summed E-state index contributed by atoms with van der Waals surface area (Å²) in [4.78, 5) is 36.0. The summed E-state index contributed by atoms with van der Waals surface area (Å²) in [5.41, 5.74) is -0.664. The van der Waals surface area contributed by atoms with Gasteiger partial charge in [-0.2, -0.15) is 0 Å². The maximum Gasteiger partial charge on any atom is 0.325 e. The Morgan fingerprint density at radius 1 is 1.24 bits per heavy atom. The van der Waals surface area contributed by atoms with Crippen LogP contribution in [0.2, 0.25) is 0 Å². The number of carboxylic acids is 1. The van der Waals surface area contributed by atoms with Crippen LogP contribution in [0.25, 0.3) is 0 Å². The van der Waals surface area contributed by atoms with E-state index in [0.29, 0.717) is 12.8 Å². The van der Waals surface area contributed by atoms with Crippen molar-refractivity contribution < 1.29 is 24.2 Å². The number of urea groups is 1. The van der Waals surface area contributed by atoms with Gasteiger partial charge < -0.3 is 20.1 Å². The van der Waals surface area contributed by atoms with Crippen molar-refractivity contribution >= 4 is 18.0 Å². The van der Waals surface area contributed by atoms with Crippen molar-refractivity contribution in [2.45, 2.75) is 51.0 Å². The molecule has 1 aliphatic carbocycles. The molecule has 120 valence electrons. The monoisotopic (exact) mass is 300 g/mol. The lowest BCUT2D eigenvalue weighted by atomic mass is 9.78. The molecule has 0 bridgehead atoms. The second-order valence-electron chi connectivity index (χ2n) is 5.38. The molecule has 0 aliphatic heterocycles. The molecule has 0 atom stereocenters. The van der Waals surface area contributed by atoms with E-state index in [4.69, 9.17) is 9.84 Å². The Kier molecular flexibility index (Phi) is 6.45. The quantitative estimate of drug-likeness (QED) is 0.722. The third-order valence-corrected chi connectivity index (χ3v) is 3.97. The highest BCUT2D eigenvalue weighted by molar-refractivity contribution is 5.81. The van der Waals surface area contributed by atoms with E-state index >= 15 is 0 Å². The number of carbonyl (C=O) groups is 3. The standard InChI is InChI=1S/C14H24N2O5/c1-3-21-12(19)10-15-13(20)16(2)14(9-11(17)18)7-5-4-6-8-14/h3-10H2,1-2H3,(H,15,20)(H,17,18). The van der Waals surface area contributed by atoms with Crippen molar-refractivity contribution in [3.05, 3.63) is 0 Å². The van der Waals surface area contributed by atoms with Crippen molar-refractivity contribution in [3.8, 4) is 0 Å². The highest BCUT2D eigenvalue weighted by Crippen LogP contribution is 2.35. The van der Waals surface area contributed by atoms with Crippen LogP contribution in [0.4, 0.5) is 4.79 Å². The SMILES string of the molecule is CCOC(=O)CNC(=O)N(C)C1(CC(=O)O)CCCCC1. The molecule has 2 N–H and O–H groups in total. The van der Waals surface area contributed by atoms with E-state index in [0.717, 1.165) is 19.3 Å².